The predicted octanol–water partition coefficient (Wildman–Crippen LogP) is 5.46. The van der Waals surface area contributed by atoms with E-state index in [1.54, 1.807) is 27.7 Å². The second-order valence-corrected chi connectivity index (χ2v) is 6.60. The van der Waals surface area contributed by atoms with Crippen LogP contribution in [0.1, 0.15) is 44.7 Å². The third-order valence-electron chi connectivity index (χ3n) is 3.27. The van der Waals surface area contributed by atoms with Crippen LogP contribution in [0.15, 0.2) is 35.4 Å². The van der Waals surface area contributed by atoms with E-state index in [4.69, 9.17) is 16.3 Å². The van der Waals surface area contributed by atoms with E-state index in [0.717, 1.165) is 12.1 Å². The standard InChI is InChI=1S/C17H21ClF3NO2/c1-11(12-5-7-14(8-6-12)17(19,20)21)13(9-18)10-22-15(23)24-16(2,3)4/h5-9,11H,10H2,1-4H3,(H,22,23). The first-order valence-corrected chi connectivity index (χ1v) is 7.81. The van der Waals surface area contributed by atoms with Gasteiger partial charge in [0, 0.05) is 18.0 Å². The molecule has 1 N–H and O–H groups in total. The number of nitrogens with one attached hydrogen (secondary N) is 1. The van der Waals surface area contributed by atoms with Crippen molar-refractivity contribution in [2.45, 2.75) is 45.4 Å². The van der Waals surface area contributed by atoms with Crippen LogP contribution in [0, 0.1) is 0 Å². The van der Waals surface area contributed by atoms with Crippen LogP contribution in [-0.4, -0.2) is 18.2 Å². The average Bonchev–Trinajstić information content (AvgIpc) is 2.45. The Morgan fingerprint density at radius 2 is 1.79 bits per heavy atom. The predicted molar refractivity (Wildman–Crippen MR) is 88.0 cm³/mol. The summed E-state index contributed by atoms with van der Waals surface area (Å²) in [6.07, 6.45) is -4.95. The Hall–Kier alpha value is -1.69. The van der Waals surface area contributed by atoms with Crippen molar-refractivity contribution < 1.29 is 22.7 Å². The van der Waals surface area contributed by atoms with Gasteiger partial charge in [-0.15, -0.1) is 0 Å². The van der Waals surface area contributed by atoms with E-state index in [-0.39, 0.29) is 12.5 Å². The van der Waals surface area contributed by atoms with Crippen molar-refractivity contribution in [2.24, 2.45) is 0 Å². The summed E-state index contributed by atoms with van der Waals surface area (Å²) in [5.74, 6) is -0.250. The molecular weight excluding hydrogens is 343 g/mol. The Labute approximate surface area is 144 Å². The molecule has 1 rings (SSSR count). The zero-order valence-electron chi connectivity index (χ0n) is 14.0. The zero-order valence-corrected chi connectivity index (χ0v) is 14.8. The van der Waals surface area contributed by atoms with Gasteiger partial charge in [-0.2, -0.15) is 13.2 Å². The summed E-state index contributed by atoms with van der Waals surface area (Å²) in [4.78, 5) is 11.7. The first kappa shape index (κ1) is 20.4. The lowest BCUT2D eigenvalue weighted by Crippen LogP contribution is -2.34. The van der Waals surface area contributed by atoms with Gasteiger partial charge in [-0.05, 0) is 44.0 Å². The van der Waals surface area contributed by atoms with Crippen LogP contribution in [0.4, 0.5) is 18.0 Å². The number of alkyl halides is 3. The fourth-order valence-electron chi connectivity index (χ4n) is 1.95. The minimum absolute atomic E-state index is 0.139. The zero-order chi connectivity index (χ0) is 18.5. The minimum atomic E-state index is -4.37. The molecule has 0 saturated carbocycles. The molecule has 0 spiro atoms. The van der Waals surface area contributed by atoms with Crippen molar-refractivity contribution in [1.82, 2.24) is 5.32 Å². The highest BCUT2D eigenvalue weighted by Crippen LogP contribution is 2.31. The third kappa shape index (κ3) is 6.43. The number of hydrogen-bond donors (Lipinski definition) is 1. The lowest BCUT2D eigenvalue weighted by molar-refractivity contribution is -0.137. The Bertz CT molecular complexity index is 589. The molecule has 24 heavy (non-hydrogen) atoms. The van der Waals surface area contributed by atoms with Gasteiger partial charge >= 0.3 is 12.3 Å². The number of hydrogen-bond acceptors (Lipinski definition) is 2. The molecule has 0 aliphatic carbocycles. The Morgan fingerprint density at radius 3 is 2.21 bits per heavy atom. The molecule has 0 heterocycles. The Kier molecular flexibility index (Phi) is 6.72. The van der Waals surface area contributed by atoms with Gasteiger partial charge in [-0.3, -0.25) is 0 Å². The van der Waals surface area contributed by atoms with Crippen molar-refractivity contribution in [2.75, 3.05) is 6.54 Å². The molecule has 0 bridgehead atoms. The highest BCUT2D eigenvalue weighted by molar-refractivity contribution is 6.25. The van der Waals surface area contributed by atoms with E-state index in [9.17, 15) is 18.0 Å². The molecule has 0 aliphatic heterocycles. The molecule has 0 aliphatic rings. The van der Waals surface area contributed by atoms with Crippen LogP contribution < -0.4 is 5.32 Å². The van der Waals surface area contributed by atoms with E-state index >= 15 is 0 Å². The summed E-state index contributed by atoms with van der Waals surface area (Å²) in [5, 5.41) is 2.58. The number of halogens is 4. The molecule has 0 fully saturated rings. The van der Waals surface area contributed by atoms with Crippen molar-refractivity contribution in [3.8, 4) is 0 Å². The summed E-state index contributed by atoms with van der Waals surface area (Å²) in [5.41, 5.74) is 1.32. The van der Waals surface area contributed by atoms with E-state index in [1.807, 2.05) is 0 Å². The fraction of sp³-hybridized carbons (Fsp3) is 0.471. The maximum Gasteiger partial charge on any atom is 0.416 e. The number of benzene rings is 1. The Morgan fingerprint density at radius 1 is 1.25 bits per heavy atom. The lowest BCUT2D eigenvalue weighted by atomic mass is 9.93. The van der Waals surface area contributed by atoms with E-state index < -0.39 is 23.4 Å². The molecule has 0 saturated heterocycles. The largest absolute Gasteiger partial charge is 0.444 e. The number of carbonyl (C=O) groups is 1. The summed E-state index contributed by atoms with van der Waals surface area (Å²) in [7, 11) is 0. The highest BCUT2D eigenvalue weighted by Gasteiger charge is 2.30. The third-order valence-corrected chi connectivity index (χ3v) is 3.55. The molecule has 1 unspecified atom stereocenters. The van der Waals surface area contributed by atoms with Crippen LogP contribution in [0.3, 0.4) is 0 Å². The van der Waals surface area contributed by atoms with Crippen LogP contribution in [-0.2, 0) is 10.9 Å². The van der Waals surface area contributed by atoms with Crippen molar-refractivity contribution in [1.29, 1.82) is 0 Å². The van der Waals surface area contributed by atoms with Gasteiger partial charge in [0.25, 0.3) is 0 Å². The Balaban J connectivity index is 2.74. The number of carbonyl (C=O) groups excluding carboxylic acids is 1. The molecule has 3 nitrogen and oxygen atoms in total. The number of rotatable bonds is 4. The molecule has 1 atom stereocenters. The molecule has 0 aromatic heterocycles. The highest BCUT2D eigenvalue weighted by atomic mass is 35.5. The minimum Gasteiger partial charge on any atom is -0.444 e. The van der Waals surface area contributed by atoms with Crippen LogP contribution in [0.2, 0.25) is 0 Å². The molecule has 7 heteroatoms. The number of amides is 1. The van der Waals surface area contributed by atoms with Crippen molar-refractivity contribution in [3.05, 3.63) is 46.5 Å². The van der Waals surface area contributed by atoms with Crippen LogP contribution in [0.5, 0.6) is 0 Å². The van der Waals surface area contributed by atoms with Gasteiger partial charge in [0.15, 0.2) is 0 Å². The SMILES string of the molecule is CC(C(=CCl)CNC(=O)OC(C)(C)C)c1ccc(C(F)(F)F)cc1. The molecule has 1 amide bonds. The average molecular weight is 364 g/mol. The van der Waals surface area contributed by atoms with E-state index in [1.165, 1.54) is 17.7 Å². The second-order valence-electron chi connectivity index (χ2n) is 6.38. The monoisotopic (exact) mass is 363 g/mol. The molecule has 1 aromatic carbocycles. The molecule has 0 radical (unpaired) electrons. The summed E-state index contributed by atoms with van der Waals surface area (Å²) < 4.78 is 42.9. The second kappa shape index (κ2) is 7.92. The van der Waals surface area contributed by atoms with Crippen molar-refractivity contribution >= 4 is 17.7 Å². The van der Waals surface area contributed by atoms with E-state index in [0.29, 0.717) is 11.1 Å². The molecular formula is C17H21ClF3NO2. The maximum atomic E-state index is 12.6. The van der Waals surface area contributed by atoms with E-state index in [2.05, 4.69) is 5.32 Å². The molecule has 1 aromatic rings. The normalized spacial score (nSPS) is 14.2. The van der Waals surface area contributed by atoms with Gasteiger partial charge in [-0.1, -0.05) is 30.7 Å². The van der Waals surface area contributed by atoms with Gasteiger partial charge in [0.2, 0.25) is 0 Å². The lowest BCUT2D eigenvalue weighted by Gasteiger charge is -2.21. The smallest absolute Gasteiger partial charge is 0.416 e. The summed E-state index contributed by atoms with van der Waals surface area (Å²) in [6.45, 7) is 7.18. The van der Waals surface area contributed by atoms with Crippen LogP contribution >= 0.6 is 11.6 Å². The topological polar surface area (TPSA) is 38.3 Å². The van der Waals surface area contributed by atoms with Gasteiger partial charge in [0.1, 0.15) is 5.60 Å². The summed E-state index contributed by atoms with van der Waals surface area (Å²) in [6, 6.07) is 4.86. The first-order valence-electron chi connectivity index (χ1n) is 7.37. The van der Waals surface area contributed by atoms with Gasteiger partial charge in [0.05, 0.1) is 5.56 Å². The van der Waals surface area contributed by atoms with Gasteiger partial charge in [-0.25, -0.2) is 4.79 Å². The molecule has 134 valence electrons. The maximum absolute atomic E-state index is 12.6. The quantitative estimate of drug-likeness (QED) is 0.771. The number of ether oxygens (including phenoxy) is 1. The first-order chi connectivity index (χ1) is 10.9. The number of alkyl carbamates (subject to hydrolysis) is 1. The van der Waals surface area contributed by atoms with Crippen LogP contribution in [0.25, 0.3) is 0 Å². The van der Waals surface area contributed by atoms with Gasteiger partial charge < -0.3 is 10.1 Å². The fourth-order valence-corrected chi connectivity index (χ4v) is 2.22. The van der Waals surface area contributed by atoms with Crippen molar-refractivity contribution in [3.63, 3.8) is 0 Å². The summed E-state index contributed by atoms with van der Waals surface area (Å²) >= 11 is 5.80.